The molecule has 2 heterocycles. The molecule has 3 N–H and O–H groups in total. The van der Waals surface area contributed by atoms with Gasteiger partial charge in [-0.2, -0.15) is 0 Å². The highest BCUT2D eigenvalue weighted by atomic mass is 16.5. The minimum absolute atomic E-state index is 0.149. The first-order valence-corrected chi connectivity index (χ1v) is 9.09. The molecule has 0 saturated heterocycles. The highest BCUT2D eigenvalue weighted by molar-refractivity contribution is 5.69. The minimum atomic E-state index is -0.464. The molecule has 6 heteroatoms. The van der Waals surface area contributed by atoms with E-state index in [2.05, 4.69) is 22.5 Å². The van der Waals surface area contributed by atoms with Crippen LogP contribution in [0.5, 0.6) is 0 Å². The Balaban J connectivity index is 1.51. The summed E-state index contributed by atoms with van der Waals surface area (Å²) < 4.78 is 5.38. The Hall–Kier alpha value is -2.76. The number of amides is 1. The maximum absolute atomic E-state index is 12.4. The zero-order chi connectivity index (χ0) is 18.1. The van der Waals surface area contributed by atoms with Gasteiger partial charge >= 0.3 is 6.09 Å². The summed E-state index contributed by atoms with van der Waals surface area (Å²) in [6.45, 7) is 2.34. The van der Waals surface area contributed by atoms with Gasteiger partial charge in [0, 0.05) is 23.7 Å². The van der Waals surface area contributed by atoms with Crippen LogP contribution in [0.3, 0.4) is 0 Å². The molecule has 6 nitrogen and oxygen atoms in total. The molecule has 1 saturated carbocycles. The van der Waals surface area contributed by atoms with Crippen molar-refractivity contribution in [2.45, 2.75) is 38.5 Å². The van der Waals surface area contributed by atoms with Gasteiger partial charge in [0.25, 0.3) is 5.56 Å². The summed E-state index contributed by atoms with van der Waals surface area (Å²) in [6.07, 6.45) is 3.48. The minimum Gasteiger partial charge on any atom is -0.445 e. The third-order valence-electron chi connectivity index (χ3n) is 5.35. The molecular formula is C20H23N3O3. The molecule has 4 rings (SSSR count). The number of carbonyl (C=O) groups is 1. The van der Waals surface area contributed by atoms with Gasteiger partial charge in [0.2, 0.25) is 0 Å². The van der Waals surface area contributed by atoms with Crippen molar-refractivity contribution in [3.63, 3.8) is 0 Å². The Labute approximate surface area is 152 Å². The lowest BCUT2D eigenvalue weighted by Crippen LogP contribution is -2.46. The van der Waals surface area contributed by atoms with Gasteiger partial charge in [-0.1, -0.05) is 37.3 Å². The number of hydrogen-bond acceptors (Lipinski definition) is 4. The number of anilines is 1. The van der Waals surface area contributed by atoms with E-state index >= 15 is 0 Å². The molecule has 1 aliphatic heterocycles. The van der Waals surface area contributed by atoms with Crippen LogP contribution in [-0.2, 0) is 11.3 Å². The van der Waals surface area contributed by atoms with Crippen molar-refractivity contribution in [2.24, 2.45) is 11.8 Å². The Morgan fingerprint density at radius 2 is 2.00 bits per heavy atom. The van der Waals surface area contributed by atoms with Crippen molar-refractivity contribution in [1.82, 2.24) is 10.3 Å². The molecule has 2 aromatic rings. The second-order valence-electron chi connectivity index (χ2n) is 7.19. The van der Waals surface area contributed by atoms with E-state index in [0.29, 0.717) is 11.6 Å². The topological polar surface area (TPSA) is 83.2 Å². The van der Waals surface area contributed by atoms with E-state index in [4.69, 9.17) is 4.74 Å². The van der Waals surface area contributed by atoms with Crippen LogP contribution < -0.4 is 16.2 Å². The molecule has 136 valence electrons. The number of aromatic amines is 1. The lowest BCUT2D eigenvalue weighted by Gasteiger charge is -2.38. The maximum atomic E-state index is 12.4. The van der Waals surface area contributed by atoms with Gasteiger partial charge in [-0.05, 0) is 30.4 Å². The van der Waals surface area contributed by atoms with Crippen molar-refractivity contribution in [2.75, 3.05) is 5.32 Å². The number of nitrogens with one attached hydrogen (secondary N) is 3. The molecule has 0 radical (unpaired) electrons. The van der Waals surface area contributed by atoms with E-state index in [-0.39, 0.29) is 30.2 Å². The fourth-order valence-corrected chi connectivity index (χ4v) is 3.79. The van der Waals surface area contributed by atoms with Crippen LogP contribution >= 0.6 is 0 Å². The van der Waals surface area contributed by atoms with Gasteiger partial charge in [-0.15, -0.1) is 0 Å². The molecular weight excluding hydrogens is 330 g/mol. The standard InChI is InChI=1S/C20H23N3O3/c1-12-16(14-7-8-14)22-18-15(9-10-21-19(18)24)17(12)23-20(25)26-11-13-5-3-2-4-6-13/h2-6,9-10,12,14,16-17,22H,7-8,11H2,1H3,(H,21,24)(H,23,25)/t12-,16+,17+/m0/s1. The molecule has 0 spiro atoms. The number of ether oxygens (including phenoxy) is 1. The fraction of sp³-hybridized carbons (Fsp3) is 0.400. The van der Waals surface area contributed by atoms with Gasteiger partial charge in [-0.25, -0.2) is 4.79 Å². The second kappa shape index (κ2) is 6.86. The number of fused-ring (bicyclic) bond motifs is 1. The molecule has 3 atom stereocenters. The van der Waals surface area contributed by atoms with E-state index in [1.165, 1.54) is 0 Å². The van der Waals surface area contributed by atoms with Crippen molar-refractivity contribution in [1.29, 1.82) is 0 Å². The summed E-state index contributed by atoms with van der Waals surface area (Å²) in [5.74, 6) is 0.725. The molecule has 26 heavy (non-hydrogen) atoms. The summed E-state index contributed by atoms with van der Waals surface area (Å²) in [6, 6.07) is 11.4. The quantitative estimate of drug-likeness (QED) is 0.788. The number of rotatable bonds is 4. The summed E-state index contributed by atoms with van der Waals surface area (Å²) >= 11 is 0. The van der Waals surface area contributed by atoms with Crippen molar-refractivity contribution in [3.8, 4) is 0 Å². The van der Waals surface area contributed by atoms with Crippen molar-refractivity contribution < 1.29 is 9.53 Å². The predicted molar refractivity (Wildman–Crippen MR) is 98.9 cm³/mol. The highest BCUT2D eigenvalue weighted by Crippen LogP contribution is 2.44. The lowest BCUT2D eigenvalue weighted by atomic mass is 9.82. The van der Waals surface area contributed by atoms with E-state index in [0.717, 1.165) is 24.0 Å². The van der Waals surface area contributed by atoms with Crippen LogP contribution in [-0.4, -0.2) is 17.1 Å². The number of pyridine rings is 1. The monoisotopic (exact) mass is 353 g/mol. The van der Waals surface area contributed by atoms with E-state index < -0.39 is 6.09 Å². The van der Waals surface area contributed by atoms with Crippen LogP contribution in [0.1, 0.15) is 36.9 Å². The zero-order valence-corrected chi connectivity index (χ0v) is 14.7. The van der Waals surface area contributed by atoms with Gasteiger partial charge in [0.15, 0.2) is 0 Å². The average Bonchev–Trinajstić information content (AvgIpc) is 3.48. The molecule has 0 bridgehead atoms. The van der Waals surface area contributed by atoms with E-state index in [1.54, 1.807) is 6.20 Å². The average molecular weight is 353 g/mol. The number of hydrogen-bond donors (Lipinski definition) is 3. The van der Waals surface area contributed by atoms with Crippen LogP contribution in [0.15, 0.2) is 47.4 Å². The van der Waals surface area contributed by atoms with Crippen LogP contribution in [0.25, 0.3) is 0 Å². The SMILES string of the molecule is C[C@@H]1[C@@H](NC(=O)OCc2ccccc2)c2cc[nH]c(=O)c2N[C@H]1C1CC1. The zero-order valence-electron chi connectivity index (χ0n) is 14.7. The summed E-state index contributed by atoms with van der Waals surface area (Å²) in [5, 5.41) is 6.38. The predicted octanol–water partition coefficient (Wildman–Crippen LogP) is 3.18. The molecule has 1 aromatic carbocycles. The number of carbonyl (C=O) groups excluding carboxylic acids is 1. The normalized spacial score (nSPS) is 24.3. The first-order chi connectivity index (χ1) is 12.6. The van der Waals surface area contributed by atoms with Gasteiger partial charge in [-0.3, -0.25) is 4.79 Å². The smallest absolute Gasteiger partial charge is 0.407 e. The first-order valence-electron chi connectivity index (χ1n) is 9.09. The van der Waals surface area contributed by atoms with Crippen LogP contribution in [0, 0.1) is 11.8 Å². The highest BCUT2D eigenvalue weighted by Gasteiger charge is 2.43. The summed E-state index contributed by atoms with van der Waals surface area (Å²) in [5.41, 5.74) is 2.17. The van der Waals surface area contributed by atoms with Crippen molar-refractivity contribution >= 4 is 11.8 Å². The summed E-state index contributed by atoms with van der Waals surface area (Å²) in [7, 11) is 0. The fourth-order valence-electron chi connectivity index (χ4n) is 3.79. The molecule has 2 aliphatic rings. The molecule has 1 amide bonds. The Morgan fingerprint density at radius 3 is 2.73 bits per heavy atom. The van der Waals surface area contributed by atoms with Gasteiger partial charge < -0.3 is 20.4 Å². The van der Waals surface area contributed by atoms with Crippen LogP contribution in [0.2, 0.25) is 0 Å². The number of H-pyrrole nitrogens is 1. The van der Waals surface area contributed by atoms with Gasteiger partial charge in [0.05, 0.1) is 6.04 Å². The van der Waals surface area contributed by atoms with E-state index in [1.807, 2.05) is 36.4 Å². The molecule has 0 unspecified atom stereocenters. The van der Waals surface area contributed by atoms with Crippen LogP contribution in [0.4, 0.5) is 10.5 Å². The Kier molecular flexibility index (Phi) is 4.41. The van der Waals surface area contributed by atoms with Crippen molar-refractivity contribution in [3.05, 3.63) is 64.1 Å². The largest absolute Gasteiger partial charge is 0.445 e. The Morgan fingerprint density at radius 1 is 1.23 bits per heavy atom. The second-order valence-corrected chi connectivity index (χ2v) is 7.19. The number of benzene rings is 1. The number of aromatic nitrogens is 1. The molecule has 1 aromatic heterocycles. The first kappa shape index (κ1) is 16.7. The third-order valence-corrected chi connectivity index (χ3v) is 5.35. The maximum Gasteiger partial charge on any atom is 0.407 e. The van der Waals surface area contributed by atoms with E-state index in [9.17, 15) is 9.59 Å². The molecule has 1 fully saturated rings. The summed E-state index contributed by atoms with van der Waals surface area (Å²) in [4.78, 5) is 27.3. The third kappa shape index (κ3) is 3.31. The lowest BCUT2D eigenvalue weighted by molar-refractivity contribution is 0.130. The molecule has 1 aliphatic carbocycles. The van der Waals surface area contributed by atoms with Gasteiger partial charge in [0.1, 0.15) is 12.3 Å². The number of alkyl carbamates (subject to hydrolysis) is 1. The Bertz CT molecular complexity index is 845.